The molecule has 0 bridgehead atoms. The zero-order valence-electron chi connectivity index (χ0n) is 10.5. The van der Waals surface area contributed by atoms with Gasteiger partial charge in [0.05, 0.1) is 12.2 Å². The maximum atomic E-state index is 11.0. The average Bonchev–Trinajstić information content (AvgIpc) is 2.86. The van der Waals surface area contributed by atoms with Crippen LogP contribution in [0.25, 0.3) is 0 Å². The third-order valence-corrected chi connectivity index (χ3v) is 4.56. The van der Waals surface area contributed by atoms with E-state index in [4.69, 9.17) is 10.5 Å². The third kappa shape index (κ3) is 1.49. The van der Waals surface area contributed by atoms with E-state index < -0.39 is 5.60 Å². The maximum Gasteiger partial charge on any atom is 0.123 e. The van der Waals surface area contributed by atoms with Gasteiger partial charge in [-0.1, -0.05) is 18.2 Å². The van der Waals surface area contributed by atoms with E-state index in [-0.39, 0.29) is 5.41 Å². The van der Waals surface area contributed by atoms with E-state index in [0.717, 1.165) is 30.7 Å². The van der Waals surface area contributed by atoms with Crippen LogP contribution in [0.4, 0.5) is 0 Å². The molecule has 2 aliphatic heterocycles. The van der Waals surface area contributed by atoms with Crippen LogP contribution in [0.15, 0.2) is 24.3 Å². The molecule has 3 rings (SSSR count). The standard InChI is InChI=1S/C14H20N2O2/c15-9-13(14(17)5-7-16-10-14)6-8-18-12-4-2-1-3-11(12)13/h1-4,16-17H,5-10,15H2. The molecule has 4 nitrogen and oxygen atoms in total. The lowest BCUT2D eigenvalue weighted by molar-refractivity contribution is -0.0365. The minimum Gasteiger partial charge on any atom is -0.493 e. The minimum absolute atomic E-state index is 0.384. The first kappa shape index (κ1) is 12.0. The van der Waals surface area contributed by atoms with E-state index in [1.54, 1.807) is 0 Å². The molecular weight excluding hydrogens is 228 g/mol. The summed E-state index contributed by atoms with van der Waals surface area (Å²) in [5, 5.41) is 14.3. The Kier molecular flexibility index (Phi) is 2.81. The molecule has 1 fully saturated rings. The lowest BCUT2D eigenvalue weighted by Gasteiger charge is -2.47. The van der Waals surface area contributed by atoms with Crippen LogP contribution in [0.3, 0.4) is 0 Å². The summed E-state index contributed by atoms with van der Waals surface area (Å²) >= 11 is 0. The van der Waals surface area contributed by atoms with Crippen molar-refractivity contribution in [2.45, 2.75) is 23.9 Å². The summed E-state index contributed by atoms with van der Waals surface area (Å²) in [5.74, 6) is 0.870. The van der Waals surface area contributed by atoms with Crippen molar-refractivity contribution in [3.8, 4) is 5.75 Å². The van der Waals surface area contributed by atoms with Gasteiger partial charge in [-0.2, -0.15) is 0 Å². The largest absolute Gasteiger partial charge is 0.493 e. The SMILES string of the molecule is NCC1(C2(O)CCNC2)CCOc2ccccc21. The number of rotatable bonds is 2. The van der Waals surface area contributed by atoms with Crippen LogP contribution in [0, 0.1) is 0 Å². The van der Waals surface area contributed by atoms with Crippen molar-refractivity contribution in [2.75, 3.05) is 26.2 Å². The molecule has 98 valence electrons. The number of fused-ring (bicyclic) bond motifs is 1. The van der Waals surface area contributed by atoms with Crippen LogP contribution in [-0.2, 0) is 5.41 Å². The molecule has 18 heavy (non-hydrogen) atoms. The van der Waals surface area contributed by atoms with E-state index in [1.807, 2.05) is 24.3 Å². The monoisotopic (exact) mass is 248 g/mol. The number of hydrogen-bond donors (Lipinski definition) is 3. The highest BCUT2D eigenvalue weighted by molar-refractivity contribution is 5.44. The number of nitrogens with two attached hydrogens (primary N) is 1. The Morgan fingerprint density at radius 1 is 1.33 bits per heavy atom. The summed E-state index contributed by atoms with van der Waals surface area (Å²) < 4.78 is 5.70. The maximum absolute atomic E-state index is 11.0. The zero-order chi connectivity index (χ0) is 12.6. The number of hydrogen-bond acceptors (Lipinski definition) is 4. The van der Waals surface area contributed by atoms with Gasteiger partial charge >= 0.3 is 0 Å². The van der Waals surface area contributed by atoms with E-state index in [0.29, 0.717) is 19.7 Å². The lowest BCUT2D eigenvalue weighted by atomic mass is 9.63. The molecule has 2 heterocycles. The zero-order valence-corrected chi connectivity index (χ0v) is 10.5. The second kappa shape index (κ2) is 4.23. The predicted octanol–water partition coefficient (Wildman–Crippen LogP) is 0.390. The average molecular weight is 248 g/mol. The molecule has 4 N–H and O–H groups in total. The van der Waals surface area contributed by atoms with E-state index in [1.165, 1.54) is 0 Å². The molecular formula is C14H20N2O2. The molecule has 0 aliphatic carbocycles. The molecule has 0 aromatic heterocycles. The minimum atomic E-state index is -0.762. The molecule has 1 saturated heterocycles. The molecule has 0 radical (unpaired) electrons. The second-order valence-electron chi connectivity index (χ2n) is 5.34. The summed E-state index contributed by atoms with van der Waals surface area (Å²) in [5.41, 5.74) is 5.99. The van der Waals surface area contributed by atoms with Gasteiger partial charge in [0.1, 0.15) is 5.75 Å². The summed E-state index contributed by atoms with van der Waals surface area (Å²) in [6, 6.07) is 7.95. The first-order chi connectivity index (χ1) is 8.72. The van der Waals surface area contributed by atoms with Crippen molar-refractivity contribution in [1.29, 1.82) is 0 Å². The molecule has 2 unspecified atom stereocenters. The van der Waals surface area contributed by atoms with Crippen molar-refractivity contribution in [3.05, 3.63) is 29.8 Å². The summed E-state index contributed by atoms with van der Waals surface area (Å²) in [7, 11) is 0. The van der Waals surface area contributed by atoms with Crippen LogP contribution in [-0.4, -0.2) is 36.9 Å². The normalized spacial score (nSPS) is 35.0. The van der Waals surface area contributed by atoms with E-state index in [2.05, 4.69) is 5.32 Å². The topological polar surface area (TPSA) is 67.5 Å². The van der Waals surface area contributed by atoms with Crippen molar-refractivity contribution >= 4 is 0 Å². The molecule has 0 amide bonds. The van der Waals surface area contributed by atoms with Crippen molar-refractivity contribution in [1.82, 2.24) is 5.32 Å². The number of nitrogens with one attached hydrogen (secondary N) is 1. The number of ether oxygens (including phenoxy) is 1. The van der Waals surface area contributed by atoms with Crippen LogP contribution in [0.2, 0.25) is 0 Å². The van der Waals surface area contributed by atoms with E-state index >= 15 is 0 Å². The Morgan fingerprint density at radius 2 is 2.17 bits per heavy atom. The fraction of sp³-hybridized carbons (Fsp3) is 0.571. The van der Waals surface area contributed by atoms with Crippen molar-refractivity contribution in [2.24, 2.45) is 5.73 Å². The van der Waals surface area contributed by atoms with Crippen LogP contribution in [0.5, 0.6) is 5.75 Å². The highest BCUT2D eigenvalue weighted by atomic mass is 16.5. The number of benzene rings is 1. The van der Waals surface area contributed by atoms with Crippen LogP contribution in [0.1, 0.15) is 18.4 Å². The Morgan fingerprint density at radius 3 is 2.89 bits per heavy atom. The molecule has 0 spiro atoms. The fourth-order valence-electron chi connectivity index (χ4n) is 3.43. The number of para-hydroxylation sites is 1. The van der Waals surface area contributed by atoms with Gasteiger partial charge in [0.25, 0.3) is 0 Å². The molecule has 1 aromatic carbocycles. The molecule has 0 saturated carbocycles. The summed E-state index contributed by atoms with van der Waals surface area (Å²) in [4.78, 5) is 0. The smallest absolute Gasteiger partial charge is 0.123 e. The summed E-state index contributed by atoms with van der Waals surface area (Å²) in [6.45, 7) is 2.53. The Labute approximate surface area is 107 Å². The number of β-amino-alcohol motifs (C(OH)–C–C–N with tert-alkyl or cyclic N) is 1. The third-order valence-electron chi connectivity index (χ3n) is 4.56. The highest BCUT2D eigenvalue weighted by Gasteiger charge is 2.54. The van der Waals surface area contributed by atoms with Gasteiger partial charge in [0, 0.05) is 24.1 Å². The molecule has 4 heteroatoms. The van der Waals surface area contributed by atoms with E-state index in [9.17, 15) is 5.11 Å². The Hall–Kier alpha value is -1.10. The van der Waals surface area contributed by atoms with Gasteiger partial charge in [-0.05, 0) is 25.5 Å². The fourth-order valence-corrected chi connectivity index (χ4v) is 3.43. The van der Waals surface area contributed by atoms with Gasteiger partial charge in [-0.15, -0.1) is 0 Å². The van der Waals surface area contributed by atoms with Gasteiger partial charge < -0.3 is 20.9 Å². The van der Waals surface area contributed by atoms with Crippen LogP contribution < -0.4 is 15.8 Å². The Balaban J connectivity index is 2.12. The van der Waals surface area contributed by atoms with Gasteiger partial charge in [0.2, 0.25) is 0 Å². The molecule has 2 atom stereocenters. The first-order valence-electron chi connectivity index (χ1n) is 6.57. The number of aliphatic hydroxyl groups is 1. The predicted molar refractivity (Wildman–Crippen MR) is 69.7 cm³/mol. The molecule has 2 aliphatic rings. The van der Waals surface area contributed by atoms with Crippen molar-refractivity contribution < 1.29 is 9.84 Å². The van der Waals surface area contributed by atoms with Gasteiger partial charge in [-0.25, -0.2) is 0 Å². The lowest BCUT2D eigenvalue weighted by Crippen LogP contribution is -2.59. The quantitative estimate of drug-likeness (QED) is 0.708. The van der Waals surface area contributed by atoms with Gasteiger partial charge in [0.15, 0.2) is 0 Å². The van der Waals surface area contributed by atoms with Crippen LogP contribution >= 0.6 is 0 Å². The highest BCUT2D eigenvalue weighted by Crippen LogP contribution is 2.47. The first-order valence-corrected chi connectivity index (χ1v) is 6.57. The summed E-state index contributed by atoms with van der Waals surface area (Å²) in [6.07, 6.45) is 1.53. The second-order valence-corrected chi connectivity index (χ2v) is 5.34. The Bertz CT molecular complexity index is 443. The van der Waals surface area contributed by atoms with Gasteiger partial charge in [-0.3, -0.25) is 0 Å². The molecule has 1 aromatic rings. The van der Waals surface area contributed by atoms with Crippen molar-refractivity contribution in [3.63, 3.8) is 0 Å².